The van der Waals surface area contributed by atoms with Crippen LogP contribution in [0.25, 0.3) is 60.9 Å². The van der Waals surface area contributed by atoms with Crippen LogP contribution in [-0.2, 0) is 17.3 Å². The van der Waals surface area contributed by atoms with E-state index in [0.29, 0.717) is 0 Å². The Hall–Kier alpha value is -8.00. The lowest BCUT2D eigenvalue weighted by atomic mass is 9.67. The zero-order valence-electron chi connectivity index (χ0n) is 35.2. The summed E-state index contributed by atoms with van der Waals surface area (Å²) in [7, 11) is 0. The molecular weight excluding hydrogens is 771 g/mol. The first-order valence-corrected chi connectivity index (χ1v) is 22.6. The quantitative estimate of drug-likeness (QED) is 0.163. The first-order chi connectivity index (χ1) is 31.8. The van der Waals surface area contributed by atoms with Gasteiger partial charge in [0.05, 0.1) is 21.9 Å². The Morgan fingerprint density at radius 2 is 0.750 bits per heavy atom. The summed E-state index contributed by atoms with van der Waals surface area (Å²) < 4.78 is 2.49. The van der Waals surface area contributed by atoms with Crippen molar-refractivity contribution >= 4 is 21.8 Å². The molecule has 0 fully saturated rings. The lowest BCUT2D eigenvalue weighted by molar-refractivity contribution is 0.768. The van der Waals surface area contributed by atoms with Crippen molar-refractivity contribution in [2.45, 2.75) is 17.3 Å². The van der Waals surface area contributed by atoms with Crippen molar-refractivity contribution < 1.29 is 0 Å². The first-order valence-electron chi connectivity index (χ1n) is 22.6. The highest BCUT2D eigenvalue weighted by Crippen LogP contribution is 2.59. The minimum absolute atomic E-state index is 0.450. The summed E-state index contributed by atoms with van der Waals surface area (Å²) in [6.45, 7) is 0. The number of fused-ring (bicyclic) bond motifs is 13. The molecule has 0 N–H and O–H groups in total. The van der Waals surface area contributed by atoms with Crippen molar-refractivity contribution in [3.05, 3.63) is 292 Å². The average molecular weight is 812 g/mol. The van der Waals surface area contributed by atoms with E-state index in [1.54, 1.807) is 0 Å². The zero-order valence-corrected chi connectivity index (χ0v) is 35.2. The van der Waals surface area contributed by atoms with Gasteiger partial charge in [-0.2, -0.15) is 0 Å². The van der Waals surface area contributed by atoms with Crippen LogP contribution in [0.4, 0.5) is 0 Å². The molecule has 298 valence electrons. The second-order valence-electron chi connectivity index (χ2n) is 17.9. The molecule has 0 aliphatic heterocycles. The first kappa shape index (κ1) is 35.6. The minimum Gasteiger partial charge on any atom is -0.309 e. The van der Waals surface area contributed by atoms with E-state index in [9.17, 15) is 0 Å². The molecule has 3 aliphatic rings. The van der Waals surface area contributed by atoms with Gasteiger partial charge in [-0.3, -0.25) is 0 Å². The van der Waals surface area contributed by atoms with E-state index >= 15 is 0 Å². The van der Waals surface area contributed by atoms with Crippen LogP contribution in [0.5, 0.6) is 0 Å². The summed E-state index contributed by atoms with van der Waals surface area (Å²) in [5.41, 5.74) is 23.9. The third kappa shape index (κ3) is 4.53. The van der Waals surface area contributed by atoms with Gasteiger partial charge in [-0.1, -0.05) is 200 Å². The fourth-order valence-corrected chi connectivity index (χ4v) is 12.5. The number of benzene rings is 10. The van der Waals surface area contributed by atoms with Crippen molar-refractivity contribution in [3.8, 4) is 39.1 Å². The predicted octanol–water partition coefficient (Wildman–Crippen LogP) is 15.1. The molecule has 0 amide bonds. The normalized spacial score (nSPS) is 14.4. The fourth-order valence-electron chi connectivity index (χ4n) is 12.5. The smallest absolute Gasteiger partial charge is 0.0713 e. The van der Waals surface area contributed by atoms with E-state index in [-0.39, 0.29) is 0 Å². The summed E-state index contributed by atoms with van der Waals surface area (Å²) in [5, 5.41) is 2.63. The Morgan fingerprint density at radius 1 is 0.312 bits per heavy atom. The molecule has 0 saturated heterocycles. The molecule has 0 bridgehead atoms. The molecular formula is C63H41N. The topological polar surface area (TPSA) is 4.93 Å². The Balaban J connectivity index is 1.04. The SMILES string of the molecule is c1ccc(-n2c3ccc(C4(c5ccccc5)c5ccccc5-c5ccccc54)cc3c3c4c(ccc32)-c2cc(C3(c5ccccc5)c5ccccc5-c5ccccc53)ccc2C4)cc1. The molecule has 0 saturated carbocycles. The van der Waals surface area contributed by atoms with Crippen LogP contribution in [0.15, 0.2) is 237 Å². The van der Waals surface area contributed by atoms with Gasteiger partial charge in [0.25, 0.3) is 0 Å². The van der Waals surface area contributed by atoms with Crippen molar-refractivity contribution in [1.29, 1.82) is 0 Å². The second-order valence-corrected chi connectivity index (χ2v) is 17.9. The highest BCUT2D eigenvalue weighted by atomic mass is 15.0. The Kier molecular flexibility index (Phi) is 7.37. The van der Waals surface area contributed by atoms with E-state index in [0.717, 1.165) is 6.42 Å². The molecule has 0 spiro atoms. The lowest BCUT2D eigenvalue weighted by Crippen LogP contribution is -2.28. The van der Waals surface area contributed by atoms with Crippen molar-refractivity contribution in [2.75, 3.05) is 0 Å². The van der Waals surface area contributed by atoms with Gasteiger partial charge in [-0.15, -0.1) is 0 Å². The van der Waals surface area contributed by atoms with Gasteiger partial charge in [0.2, 0.25) is 0 Å². The number of para-hydroxylation sites is 1. The highest BCUT2D eigenvalue weighted by molar-refractivity contribution is 6.14. The standard InChI is InChI=1S/C63H41N/c1-4-18-42(19-5-1)62(55-28-14-10-24-48(55)49-25-11-15-29-56(49)62)44-33-32-41-38-53-47(52(41)39-44)35-37-60-61(53)54-40-45(34-36-59(54)64(60)46-22-8-3-9-23-46)63(43-20-6-2-7-21-43)57-30-16-12-26-50(57)51-27-13-17-31-58(51)63/h1-37,39-40H,38H2. The van der Waals surface area contributed by atoms with E-state index in [1.165, 1.54) is 117 Å². The number of hydrogen-bond donors (Lipinski definition) is 0. The minimum atomic E-state index is -0.487. The summed E-state index contributed by atoms with van der Waals surface area (Å²) in [6, 6.07) is 89.1. The van der Waals surface area contributed by atoms with Crippen LogP contribution in [0, 0.1) is 0 Å². The van der Waals surface area contributed by atoms with Crippen molar-refractivity contribution in [2.24, 2.45) is 0 Å². The number of aromatic nitrogens is 1. The number of rotatable bonds is 5. The Bertz CT molecular complexity index is 3600. The molecule has 0 atom stereocenters. The largest absolute Gasteiger partial charge is 0.309 e. The molecule has 1 nitrogen and oxygen atoms in total. The van der Waals surface area contributed by atoms with Gasteiger partial charge in [0.15, 0.2) is 0 Å². The second kappa shape index (κ2) is 13.3. The molecule has 0 radical (unpaired) electrons. The summed E-state index contributed by atoms with van der Waals surface area (Å²) in [6.07, 6.45) is 0.876. The summed E-state index contributed by atoms with van der Waals surface area (Å²) in [5.74, 6) is 0. The average Bonchev–Trinajstić information content (AvgIpc) is 4.09. The van der Waals surface area contributed by atoms with Gasteiger partial charge >= 0.3 is 0 Å². The fraction of sp³-hybridized carbons (Fsp3) is 0.0476. The molecule has 1 heterocycles. The molecule has 10 aromatic carbocycles. The van der Waals surface area contributed by atoms with Crippen molar-refractivity contribution in [3.63, 3.8) is 0 Å². The van der Waals surface area contributed by atoms with Crippen molar-refractivity contribution in [1.82, 2.24) is 4.57 Å². The van der Waals surface area contributed by atoms with Crippen LogP contribution in [-0.4, -0.2) is 4.57 Å². The van der Waals surface area contributed by atoms with Crippen LogP contribution in [0.2, 0.25) is 0 Å². The summed E-state index contributed by atoms with van der Waals surface area (Å²) >= 11 is 0. The highest BCUT2D eigenvalue weighted by Gasteiger charge is 2.48. The molecule has 0 unspecified atom stereocenters. The maximum Gasteiger partial charge on any atom is 0.0713 e. The van der Waals surface area contributed by atoms with E-state index in [4.69, 9.17) is 0 Å². The molecule has 14 rings (SSSR count). The maximum absolute atomic E-state index is 2.55. The van der Waals surface area contributed by atoms with Gasteiger partial charge < -0.3 is 4.57 Å². The van der Waals surface area contributed by atoms with Gasteiger partial charge in [-0.25, -0.2) is 0 Å². The van der Waals surface area contributed by atoms with Crippen LogP contribution < -0.4 is 0 Å². The van der Waals surface area contributed by atoms with Crippen LogP contribution in [0.1, 0.15) is 55.6 Å². The van der Waals surface area contributed by atoms with Crippen LogP contribution in [0.3, 0.4) is 0 Å². The third-order valence-electron chi connectivity index (χ3n) is 15.0. The molecule has 11 aromatic rings. The monoisotopic (exact) mass is 811 g/mol. The molecule has 64 heavy (non-hydrogen) atoms. The maximum atomic E-state index is 2.55. The predicted molar refractivity (Wildman–Crippen MR) is 264 cm³/mol. The van der Waals surface area contributed by atoms with Gasteiger partial charge in [0.1, 0.15) is 0 Å². The van der Waals surface area contributed by atoms with Crippen LogP contribution >= 0.6 is 0 Å². The van der Waals surface area contributed by atoms with Gasteiger partial charge in [0, 0.05) is 16.5 Å². The zero-order chi connectivity index (χ0) is 42.0. The van der Waals surface area contributed by atoms with E-state index < -0.39 is 10.8 Å². The molecule has 3 aliphatic carbocycles. The Labute approximate surface area is 373 Å². The van der Waals surface area contributed by atoms with E-state index in [2.05, 4.69) is 241 Å². The molecule has 1 aromatic heterocycles. The third-order valence-corrected chi connectivity index (χ3v) is 15.0. The van der Waals surface area contributed by atoms with Gasteiger partial charge in [-0.05, 0) is 132 Å². The van der Waals surface area contributed by atoms with E-state index in [1.807, 2.05) is 0 Å². The number of nitrogens with zero attached hydrogens (tertiary/aromatic N) is 1. The number of hydrogen-bond acceptors (Lipinski definition) is 0. The summed E-state index contributed by atoms with van der Waals surface area (Å²) in [4.78, 5) is 0. The molecule has 1 heteroatoms. The Morgan fingerprint density at radius 3 is 1.28 bits per heavy atom. The lowest BCUT2D eigenvalue weighted by Gasteiger charge is -2.34.